The van der Waals surface area contributed by atoms with Crippen LogP contribution in [0.5, 0.6) is 5.75 Å². The summed E-state index contributed by atoms with van der Waals surface area (Å²) in [5, 5.41) is 2.69. The predicted molar refractivity (Wildman–Crippen MR) is 145 cm³/mol. The molecule has 0 aliphatic carbocycles. The predicted octanol–water partition coefficient (Wildman–Crippen LogP) is 6.40. The van der Waals surface area contributed by atoms with Gasteiger partial charge in [0.1, 0.15) is 22.2 Å². The molecule has 0 aromatic carbocycles. The molecule has 0 atom stereocenters. The summed E-state index contributed by atoms with van der Waals surface area (Å²) in [5.74, 6) is -0.853. The van der Waals surface area contributed by atoms with Crippen LogP contribution in [0.3, 0.4) is 0 Å². The fourth-order valence-electron chi connectivity index (χ4n) is 2.72. The van der Waals surface area contributed by atoms with Crippen LogP contribution in [0.25, 0.3) is 5.70 Å². The minimum Gasteiger partial charge on any atom is -0.463 e. The van der Waals surface area contributed by atoms with Crippen LogP contribution in [0.4, 0.5) is 14.6 Å². The van der Waals surface area contributed by atoms with E-state index < -0.39 is 17.3 Å². The molecule has 0 unspecified atom stereocenters. The Labute approximate surface area is 219 Å². The first-order valence-corrected chi connectivity index (χ1v) is 11.3. The molecule has 0 bridgehead atoms. The molecule has 2 aromatic heterocycles. The zero-order valence-corrected chi connectivity index (χ0v) is 21.7. The first kappa shape index (κ1) is 30.8. The number of aryl methyl sites for hydroxylation is 1. The number of pyridine rings is 2. The smallest absolute Gasteiger partial charge is 0.268 e. The van der Waals surface area contributed by atoms with Crippen molar-refractivity contribution in [2.75, 3.05) is 5.73 Å². The highest BCUT2D eigenvalue weighted by Crippen LogP contribution is 2.27. The van der Waals surface area contributed by atoms with Crippen LogP contribution < -0.4 is 21.3 Å². The Balaban J connectivity index is 0.00000159. The zero-order chi connectivity index (χ0) is 28.0. The summed E-state index contributed by atoms with van der Waals surface area (Å²) in [5.41, 5.74) is 5.96. The Morgan fingerprint density at radius 1 is 1.30 bits per heavy atom. The average Bonchev–Trinajstić information content (AvgIpc) is 2.84. The monoisotopic (exact) mass is 530 g/mol. The first-order valence-electron chi connectivity index (χ1n) is 10.9. The van der Waals surface area contributed by atoms with Gasteiger partial charge in [0, 0.05) is 29.9 Å². The fraction of sp³-hybridized carbons (Fsp3) is 0.148. The average molecular weight is 531 g/mol. The molecule has 1 amide bonds. The van der Waals surface area contributed by atoms with Crippen molar-refractivity contribution in [1.29, 1.82) is 0 Å². The molecular weight excluding hydrogens is 502 g/mol. The quantitative estimate of drug-likeness (QED) is 0.304. The van der Waals surface area contributed by atoms with E-state index in [9.17, 15) is 18.4 Å². The van der Waals surface area contributed by atoms with Crippen LogP contribution in [0.15, 0.2) is 96.5 Å². The molecule has 0 radical (unpaired) electrons. The van der Waals surface area contributed by atoms with E-state index in [1.165, 1.54) is 54.4 Å². The Bertz CT molecular complexity index is 1320. The number of carbonyl (C=O) groups excluding carboxylic acids is 1. The van der Waals surface area contributed by atoms with Crippen LogP contribution in [-0.2, 0) is 0 Å². The van der Waals surface area contributed by atoms with Gasteiger partial charge in [-0.1, -0.05) is 30.3 Å². The molecule has 0 spiro atoms. The number of hydrogen-bond donors (Lipinski definition) is 2. The highest BCUT2D eigenvalue weighted by Gasteiger charge is 2.17. The van der Waals surface area contributed by atoms with Crippen molar-refractivity contribution in [3.8, 4) is 5.75 Å². The van der Waals surface area contributed by atoms with Crippen molar-refractivity contribution < 1.29 is 18.3 Å². The lowest BCUT2D eigenvalue weighted by Gasteiger charge is -2.11. The number of rotatable bonds is 8. The van der Waals surface area contributed by atoms with E-state index in [1.54, 1.807) is 39.0 Å². The van der Waals surface area contributed by atoms with Crippen molar-refractivity contribution in [1.82, 2.24) is 14.9 Å². The molecule has 3 N–H and O–H groups in total. The second-order valence-corrected chi connectivity index (χ2v) is 7.64. The molecule has 37 heavy (non-hydrogen) atoms. The lowest BCUT2D eigenvalue weighted by molar-refractivity contribution is 0.0964. The molecule has 0 aliphatic heterocycles. The highest BCUT2D eigenvalue weighted by atomic mass is 35.5. The summed E-state index contributed by atoms with van der Waals surface area (Å²) in [6.07, 6.45) is 13.4. The number of nitrogen functional groups attached to an aromatic ring is 1. The summed E-state index contributed by atoms with van der Waals surface area (Å²) >= 11 is 6.00. The number of allylic oxidation sites excluding steroid dienone is 8. The van der Waals surface area contributed by atoms with E-state index in [1.807, 2.05) is 0 Å². The van der Waals surface area contributed by atoms with Crippen LogP contribution >= 0.6 is 11.6 Å². The maximum absolute atomic E-state index is 13.6. The molecule has 2 aromatic rings. The van der Waals surface area contributed by atoms with Crippen molar-refractivity contribution in [3.05, 3.63) is 118 Å². The molecule has 0 aliphatic rings. The van der Waals surface area contributed by atoms with Crippen LogP contribution in [0.1, 0.15) is 36.7 Å². The third kappa shape index (κ3) is 9.73. The minimum atomic E-state index is -0.692. The molecule has 196 valence electrons. The van der Waals surface area contributed by atoms with Gasteiger partial charge in [0.15, 0.2) is 0 Å². The van der Waals surface area contributed by atoms with E-state index in [4.69, 9.17) is 22.1 Å². The van der Waals surface area contributed by atoms with Gasteiger partial charge in [-0.25, -0.2) is 13.8 Å². The largest absolute Gasteiger partial charge is 0.463 e. The van der Waals surface area contributed by atoms with Gasteiger partial charge in [-0.2, -0.15) is 0 Å². The number of nitrogens with two attached hydrogens (primary N) is 1. The number of nitrogens with zero attached hydrogens (tertiary/aromatic N) is 2. The number of carbonyl (C=O) groups is 1. The molecule has 0 fully saturated rings. The van der Waals surface area contributed by atoms with Crippen molar-refractivity contribution >= 4 is 29.0 Å². The zero-order valence-electron chi connectivity index (χ0n) is 21.0. The van der Waals surface area contributed by atoms with Crippen molar-refractivity contribution in [2.24, 2.45) is 0 Å². The van der Waals surface area contributed by atoms with Gasteiger partial charge in [-0.15, -0.1) is 0 Å². The molecule has 0 saturated carbocycles. The van der Waals surface area contributed by atoms with E-state index in [2.05, 4.69) is 16.9 Å². The Morgan fingerprint density at radius 3 is 2.57 bits per heavy atom. The van der Waals surface area contributed by atoms with Crippen molar-refractivity contribution in [2.45, 2.75) is 27.7 Å². The van der Waals surface area contributed by atoms with Gasteiger partial charge in [-0.05, 0) is 63.6 Å². The summed E-state index contributed by atoms with van der Waals surface area (Å²) in [6.45, 7) is 10.1. The highest BCUT2D eigenvalue weighted by molar-refractivity contribution is 6.34. The third-order valence-electron chi connectivity index (χ3n) is 4.36. The second kappa shape index (κ2) is 15.7. The van der Waals surface area contributed by atoms with E-state index in [-0.39, 0.29) is 27.9 Å². The number of ether oxygens (including phenoxy) is 1. The summed E-state index contributed by atoms with van der Waals surface area (Å²) in [6, 6.07) is 3.15. The number of hydrogen-bond acceptors (Lipinski definition) is 5. The van der Waals surface area contributed by atoms with E-state index in [0.29, 0.717) is 17.6 Å². The standard InChI is InChI=1S/C24H24ClFN4O3.C3H5F/c1-5-7-17(4)30-12-10-15(2)20(24(30)32)23(31)29-18(14-16(3)26)8-6-13-33-19-9-11-28-22(27)21(19)25;1-2-3-4/h5-14H,4H2,1-3H3,(H2,27,28)(H,29,31);2-3H,1H3/b7-5-,13-6+,16-14+,18-8+;3-2+. The minimum absolute atomic E-state index is 0.0850. The third-order valence-corrected chi connectivity index (χ3v) is 4.74. The molecule has 10 heteroatoms. The molecule has 7 nitrogen and oxygen atoms in total. The SMILES string of the molecule is C/C=C/F.C=C(/C=C\C)n1ccc(C)c(C(=O)NC(/C=C(\C)F)=C/C=C/Oc2ccnc(N)c2Cl)c1=O. The van der Waals surface area contributed by atoms with Crippen LogP contribution in [0, 0.1) is 6.92 Å². The number of nitrogens with one attached hydrogen (secondary N) is 1. The molecule has 0 saturated heterocycles. The van der Waals surface area contributed by atoms with Gasteiger partial charge in [0.2, 0.25) is 0 Å². The topological polar surface area (TPSA) is 99.2 Å². The van der Waals surface area contributed by atoms with E-state index in [0.717, 1.165) is 6.08 Å². The van der Waals surface area contributed by atoms with E-state index >= 15 is 0 Å². The Kier molecular flexibility index (Phi) is 13.1. The van der Waals surface area contributed by atoms with Gasteiger partial charge < -0.3 is 15.8 Å². The fourth-order valence-corrected chi connectivity index (χ4v) is 2.88. The van der Waals surface area contributed by atoms with Crippen molar-refractivity contribution in [3.63, 3.8) is 0 Å². The Hall–Kier alpha value is -4.24. The van der Waals surface area contributed by atoms with Gasteiger partial charge >= 0.3 is 0 Å². The van der Waals surface area contributed by atoms with Gasteiger partial charge in [-0.3, -0.25) is 14.2 Å². The van der Waals surface area contributed by atoms with Gasteiger partial charge in [0.25, 0.3) is 11.5 Å². The summed E-state index contributed by atoms with van der Waals surface area (Å²) in [4.78, 5) is 29.6. The number of aromatic nitrogens is 2. The number of amides is 1. The molecule has 2 rings (SSSR count). The van der Waals surface area contributed by atoms with Crippen LogP contribution in [0.2, 0.25) is 5.02 Å². The molecule has 2 heterocycles. The van der Waals surface area contributed by atoms with Crippen LogP contribution in [-0.4, -0.2) is 15.5 Å². The number of anilines is 1. The lowest BCUT2D eigenvalue weighted by atomic mass is 10.1. The lowest BCUT2D eigenvalue weighted by Crippen LogP contribution is -2.33. The number of halogens is 3. The first-order chi connectivity index (χ1) is 17.6. The second-order valence-electron chi connectivity index (χ2n) is 7.26. The summed E-state index contributed by atoms with van der Waals surface area (Å²) in [7, 11) is 0. The normalized spacial score (nSPS) is 12.1. The Morgan fingerprint density at radius 2 is 1.97 bits per heavy atom. The summed E-state index contributed by atoms with van der Waals surface area (Å²) < 4.78 is 30.8. The molecular formula is C27H29ClF2N4O3. The maximum Gasteiger partial charge on any atom is 0.268 e. The maximum atomic E-state index is 13.6. The van der Waals surface area contributed by atoms with Gasteiger partial charge in [0.05, 0.1) is 18.4 Å².